The molecule has 1 aromatic carbocycles. The van der Waals surface area contributed by atoms with Crippen molar-refractivity contribution in [1.82, 2.24) is 5.32 Å². The summed E-state index contributed by atoms with van der Waals surface area (Å²) in [5.41, 5.74) is -0.0891. The molecule has 0 aromatic heterocycles. The minimum atomic E-state index is -0.562. The largest absolute Gasteiger partial charge is 0.381 e. The number of carbonyl (C=O) groups is 1. The molecule has 6 nitrogen and oxygen atoms in total. The molecular weight excluding hydrogens is 296 g/mol. The highest BCUT2D eigenvalue weighted by Crippen LogP contribution is 2.26. The Morgan fingerprint density at radius 1 is 1.48 bits per heavy atom. The van der Waals surface area contributed by atoms with Crippen molar-refractivity contribution in [2.75, 3.05) is 19.1 Å². The number of benzene rings is 1. The summed E-state index contributed by atoms with van der Waals surface area (Å²) in [5.74, 6) is -0.204. The first-order valence-corrected chi connectivity index (χ1v) is 7.23. The molecule has 0 aliphatic carbocycles. The molecule has 7 heteroatoms. The molecule has 1 saturated heterocycles. The zero-order chi connectivity index (χ0) is 15.5. The molecule has 1 aliphatic heterocycles. The van der Waals surface area contributed by atoms with Crippen LogP contribution in [0.15, 0.2) is 18.2 Å². The van der Waals surface area contributed by atoms with Gasteiger partial charge in [0.2, 0.25) is 0 Å². The molecule has 2 rings (SSSR count). The minimum absolute atomic E-state index is 0.0958. The summed E-state index contributed by atoms with van der Waals surface area (Å²) < 4.78 is 5.28. The van der Waals surface area contributed by atoms with Crippen molar-refractivity contribution in [2.45, 2.75) is 25.3 Å². The van der Waals surface area contributed by atoms with Gasteiger partial charge in [-0.2, -0.15) is 0 Å². The van der Waals surface area contributed by atoms with E-state index in [0.29, 0.717) is 31.6 Å². The monoisotopic (exact) mass is 312 g/mol. The number of hydrogen-bond donors (Lipinski definition) is 1. The summed E-state index contributed by atoms with van der Waals surface area (Å²) in [6, 6.07) is 4.58. The van der Waals surface area contributed by atoms with Crippen molar-refractivity contribution in [2.24, 2.45) is 0 Å². The van der Waals surface area contributed by atoms with Crippen molar-refractivity contribution in [3.05, 3.63) is 39.4 Å². The summed E-state index contributed by atoms with van der Waals surface area (Å²) in [7, 11) is 0. The predicted molar refractivity (Wildman–Crippen MR) is 78.8 cm³/mol. The highest BCUT2D eigenvalue weighted by Gasteiger charge is 2.35. The van der Waals surface area contributed by atoms with Crippen LogP contribution >= 0.6 is 11.6 Å². The van der Waals surface area contributed by atoms with Gasteiger partial charge in [0.15, 0.2) is 0 Å². The second kappa shape index (κ2) is 6.41. The maximum atomic E-state index is 12.5. The molecule has 1 fully saturated rings. The minimum Gasteiger partial charge on any atom is -0.381 e. The first kappa shape index (κ1) is 15.7. The van der Waals surface area contributed by atoms with E-state index in [9.17, 15) is 14.9 Å². The molecular formula is C14H17ClN2O4. The van der Waals surface area contributed by atoms with Crippen LogP contribution in [0.1, 0.15) is 28.8 Å². The zero-order valence-electron chi connectivity index (χ0n) is 11.7. The maximum absolute atomic E-state index is 12.5. The van der Waals surface area contributed by atoms with E-state index in [1.165, 1.54) is 6.07 Å². The molecule has 0 unspecified atom stereocenters. The Kier molecular flexibility index (Phi) is 4.80. The average molecular weight is 313 g/mol. The lowest BCUT2D eigenvalue weighted by Gasteiger charge is -2.36. The van der Waals surface area contributed by atoms with Gasteiger partial charge in [-0.25, -0.2) is 0 Å². The number of hydrogen-bond acceptors (Lipinski definition) is 4. The molecule has 1 amide bonds. The third-order valence-electron chi connectivity index (χ3n) is 3.76. The van der Waals surface area contributed by atoms with Crippen LogP contribution in [0.5, 0.6) is 0 Å². The number of halogens is 1. The topological polar surface area (TPSA) is 81.5 Å². The van der Waals surface area contributed by atoms with E-state index in [2.05, 4.69) is 5.32 Å². The van der Waals surface area contributed by atoms with Gasteiger partial charge in [-0.1, -0.05) is 12.1 Å². The Morgan fingerprint density at radius 2 is 2.14 bits per heavy atom. The van der Waals surface area contributed by atoms with Crippen molar-refractivity contribution < 1.29 is 14.5 Å². The van der Waals surface area contributed by atoms with Crippen LogP contribution in [-0.4, -0.2) is 35.5 Å². The lowest BCUT2D eigenvalue weighted by molar-refractivity contribution is -0.385. The van der Waals surface area contributed by atoms with Gasteiger partial charge in [0.05, 0.1) is 10.5 Å². The third-order valence-corrected chi connectivity index (χ3v) is 4.27. The number of nitrogens with one attached hydrogen (secondary N) is 1. The van der Waals surface area contributed by atoms with Crippen LogP contribution in [0.25, 0.3) is 0 Å². The van der Waals surface area contributed by atoms with E-state index in [1.54, 1.807) is 19.1 Å². The second-order valence-electron chi connectivity index (χ2n) is 5.21. The van der Waals surface area contributed by atoms with Crippen molar-refractivity contribution in [3.8, 4) is 0 Å². The Bertz CT molecular complexity index is 556. The van der Waals surface area contributed by atoms with E-state index in [0.717, 1.165) is 0 Å². The van der Waals surface area contributed by atoms with Crippen LogP contribution in [-0.2, 0) is 4.74 Å². The third kappa shape index (κ3) is 3.33. The summed E-state index contributed by atoms with van der Waals surface area (Å²) in [5, 5.41) is 14.0. The molecule has 1 N–H and O–H groups in total. The summed E-state index contributed by atoms with van der Waals surface area (Å²) in [4.78, 5) is 23.1. The Hall–Kier alpha value is -1.66. The fourth-order valence-electron chi connectivity index (χ4n) is 2.46. The highest BCUT2D eigenvalue weighted by molar-refractivity contribution is 6.19. The molecule has 21 heavy (non-hydrogen) atoms. The molecule has 0 spiro atoms. The summed E-state index contributed by atoms with van der Waals surface area (Å²) >= 11 is 6.01. The Morgan fingerprint density at radius 3 is 2.71 bits per heavy atom. The molecule has 1 aromatic rings. The quantitative estimate of drug-likeness (QED) is 0.526. The van der Waals surface area contributed by atoms with Gasteiger partial charge in [0.1, 0.15) is 5.56 Å². The van der Waals surface area contributed by atoms with Gasteiger partial charge >= 0.3 is 0 Å². The molecule has 0 radical (unpaired) electrons. The summed E-state index contributed by atoms with van der Waals surface area (Å²) in [6.07, 6.45) is 1.20. The zero-order valence-corrected chi connectivity index (χ0v) is 12.5. The van der Waals surface area contributed by atoms with Crippen molar-refractivity contribution in [3.63, 3.8) is 0 Å². The smallest absolute Gasteiger partial charge is 0.282 e. The number of aryl methyl sites for hydroxylation is 1. The first-order valence-electron chi connectivity index (χ1n) is 6.69. The lowest BCUT2D eigenvalue weighted by Crippen LogP contribution is -2.53. The number of alkyl halides is 1. The maximum Gasteiger partial charge on any atom is 0.282 e. The number of nitro groups is 1. The van der Waals surface area contributed by atoms with Crippen LogP contribution < -0.4 is 5.32 Å². The number of carbonyl (C=O) groups excluding carboxylic acids is 1. The molecule has 114 valence electrons. The fourth-order valence-corrected chi connectivity index (χ4v) is 2.79. The van der Waals surface area contributed by atoms with Gasteiger partial charge < -0.3 is 10.1 Å². The van der Waals surface area contributed by atoms with Crippen LogP contribution in [0, 0.1) is 17.0 Å². The van der Waals surface area contributed by atoms with Crippen LogP contribution in [0.2, 0.25) is 0 Å². The van der Waals surface area contributed by atoms with Gasteiger partial charge in [0.25, 0.3) is 11.6 Å². The van der Waals surface area contributed by atoms with Crippen molar-refractivity contribution >= 4 is 23.2 Å². The van der Waals surface area contributed by atoms with E-state index in [1.807, 2.05) is 0 Å². The molecule has 0 saturated carbocycles. The average Bonchev–Trinajstić information content (AvgIpc) is 2.47. The lowest BCUT2D eigenvalue weighted by atomic mass is 9.91. The molecule has 0 bridgehead atoms. The number of nitrogens with zero attached hydrogens (tertiary/aromatic N) is 1. The van der Waals surface area contributed by atoms with Crippen LogP contribution in [0.3, 0.4) is 0 Å². The predicted octanol–water partition coefficient (Wildman–Crippen LogP) is 2.42. The number of amides is 1. The molecule has 1 heterocycles. The fraction of sp³-hybridized carbons (Fsp3) is 0.500. The standard InChI is InChI=1S/C14H17ClN2O4/c1-10-3-2-4-11(17(19)20)12(10)13(18)16-14(9-15)5-7-21-8-6-14/h2-4H,5-9H2,1H3,(H,16,18). The van der Waals surface area contributed by atoms with Gasteiger partial charge in [-0.05, 0) is 25.3 Å². The second-order valence-corrected chi connectivity index (χ2v) is 5.47. The highest BCUT2D eigenvalue weighted by atomic mass is 35.5. The van der Waals surface area contributed by atoms with Gasteiger partial charge in [-0.15, -0.1) is 11.6 Å². The first-order chi connectivity index (χ1) is 9.99. The van der Waals surface area contributed by atoms with Gasteiger partial charge in [-0.3, -0.25) is 14.9 Å². The van der Waals surface area contributed by atoms with E-state index in [4.69, 9.17) is 16.3 Å². The Balaban J connectivity index is 2.30. The number of nitro benzene ring substituents is 1. The SMILES string of the molecule is Cc1cccc([N+](=O)[O-])c1C(=O)NC1(CCl)CCOCC1. The van der Waals surface area contributed by atoms with Gasteiger partial charge in [0, 0.05) is 25.2 Å². The Labute approximate surface area is 127 Å². The van der Waals surface area contributed by atoms with E-state index < -0.39 is 16.4 Å². The van der Waals surface area contributed by atoms with E-state index >= 15 is 0 Å². The normalized spacial score (nSPS) is 17.2. The summed E-state index contributed by atoms with van der Waals surface area (Å²) in [6.45, 7) is 2.71. The van der Waals surface area contributed by atoms with Crippen molar-refractivity contribution in [1.29, 1.82) is 0 Å². The molecule has 1 aliphatic rings. The van der Waals surface area contributed by atoms with Crippen LogP contribution in [0.4, 0.5) is 5.69 Å². The molecule has 0 atom stereocenters. The number of rotatable bonds is 4. The van der Waals surface area contributed by atoms with E-state index in [-0.39, 0.29) is 17.1 Å². The number of ether oxygens (including phenoxy) is 1.